The van der Waals surface area contributed by atoms with Gasteiger partial charge in [-0.3, -0.25) is 9.10 Å². The van der Waals surface area contributed by atoms with Crippen molar-refractivity contribution in [1.29, 1.82) is 0 Å². The Morgan fingerprint density at radius 3 is 2.20 bits per heavy atom. The molecule has 1 amide bonds. The van der Waals surface area contributed by atoms with Gasteiger partial charge in [-0.15, -0.1) is 0 Å². The number of halogens is 3. The maximum atomic E-state index is 13.5. The van der Waals surface area contributed by atoms with E-state index in [4.69, 9.17) is 4.74 Å². The zero-order valence-electron chi connectivity index (χ0n) is 23.7. The van der Waals surface area contributed by atoms with Gasteiger partial charge in [0.2, 0.25) is 20.0 Å². The number of anilines is 3. The van der Waals surface area contributed by atoms with E-state index >= 15 is 0 Å². The Bertz CT molecular complexity index is 1750. The minimum absolute atomic E-state index is 0.0295. The lowest BCUT2D eigenvalue weighted by molar-refractivity contribution is -0.141. The third kappa shape index (κ3) is 7.14. The number of esters is 1. The van der Waals surface area contributed by atoms with Gasteiger partial charge in [0.1, 0.15) is 4.88 Å². The number of ether oxygens (including phenoxy) is 1. The number of hydrogen-bond acceptors (Lipinski definition) is 10. The molecule has 0 unspecified atom stereocenters. The van der Waals surface area contributed by atoms with E-state index in [1.807, 2.05) is 0 Å². The third-order valence-electron chi connectivity index (χ3n) is 6.59. The largest absolute Gasteiger partial charge is 0.462 e. The summed E-state index contributed by atoms with van der Waals surface area (Å²) in [7, 11) is -6.32. The van der Waals surface area contributed by atoms with E-state index in [2.05, 4.69) is 10.3 Å². The molecule has 1 saturated heterocycles. The molecule has 0 saturated carbocycles. The van der Waals surface area contributed by atoms with Gasteiger partial charge in [0.25, 0.3) is 5.91 Å². The van der Waals surface area contributed by atoms with Crippen LogP contribution in [0.4, 0.5) is 29.7 Å². The molecule has 2 heterocycles. The van der Waals surface area contributed by atoms with Crippen molar-refractivity contribution in [3.8, 4) is 0 Å². The lowest BCUT2D eigenvalue weighted by Gasteiger charge is -2.33. The van der Waals surface area contributed by atoms with Crippen molar-refractivity contribution in [2.75, 3.05) is 60.6 Å². The number of hydrogen-bond donors (Lipinski definition) is 1. The molecular formula is C26H28F3N5O7S3. The number of benzene rings is 2. The zero-order chi connectivity index (χ0) is 32.4. The van der Waals surface area contributed by atoms with E-state index in [9.17, 15) is 39.6 Å². The molecule has 1 aliphatic rings. The van der Waals surface area contributed by atoms with Gasteiger partial charge in [-0.1, -0.05) is 23.5 Å². The van der Waals surface area contributed by atoms with Crippen LogP contribution in [0.5, 0.6) is 0 Å². The van der Waals surface area contributed by atoms with Crippen molar-refractivity contribution in [1.82, 2.24) is 9.29 Å². The Hall–Kier alpha value is -3.74. The fourth-order valence-electron chi connectivity index (χ4n) is 4.27. The lowest BCUT2D eigenvalue weighted by atomic mass is 10.1. The number of carbonyl (C=O) groups is 2. The summed E-state index contributed by atoms with van der Waals surface area (Å²) in [5.74, 6) is -1.74. The Morgan fingerprint density at radius 2 is 1.64 bits per heavy atom. The van der Waals surface area contributed by atoms with Gasteiger partial charge < -0.3 is 15.0 Å². The summed E-state index contributed by atoms with van der Waals surface area (Å²) in [6, 6.07) is 11.5. The summed E-state index contributed by atoms with van der Waals surface area (Å²) in [6.07, 6.45) is -3.87. The first kappa shape index (κ1) is 33.2. The number of carbonyl (C=O) groups excluding carboxylic acids is 2. The number of aromatic nitrogens is 1. The Morgan fingerprint density at radius 1 is 1.02 bits per heavy atom. The third-order valence-corrected chi connectivity index (χ3v) is 10.8. The van der Waals surface area contributed by atoms with Gasteiger partial charge >= 0.3 is 12.1 Å². The Labute approximate surface area is 256 Å². The van der Waals surface area contributed by atoms with Crippen LogP contribution in [0.15, 0.2) is 53.4 Å². The van der Waals surface area contributed by atoms with Crippen molar-refractivity contribution >= 4 is 59.8 Å². The molecule has 0 atom stereocenters. The summed E-state index contributed by atoms with van der Waals surface area (Å²) in [5.41, 5.74) is -0.830. The normalized spacial score (nSPS) is 14.7. The smallest absolute Gasteiger partial charge is 0.435 e. The van der Waals surface area contributed by atoms with Gasteiger partial charge in [0.15, 0.2) is 10.8 Å². The zero-order valence-corrected chi connectivity index (χ0v) is 26.1. The van der Waals surface area contributed by atoms with Crippen LogP contribution < -0.4 is 14.5 Å². The van der Waals surface area contributed by atoms with Crippen LogP contribution in [0.2, 0.25) is 0 Å². The SMILES string of the molecule is CCOC(=O)c1sc(N2CCN(S(=O)(=O)c3ccc(NC(=O)c4ccccc4N(C)S(C)(=O)=O)cc3)CC2)nc1C(F)(F)F. The van der Waals surface area contributed by atoms with Crippen LogP contribution >= 0.6 is 11.3 Å². The quantitative estimate of drug-likeness (QED) is 0.337. The minimum atomic E-state index is -4.87. The molecule has 3 aromatic rings. The molecule has 2 aromatic carbocycles. The second-order valence-corrected chi connectivity index (χ2v) is 14.4. The lowest BCUT2D eigenvalue weighted by Crippen LogP contribution is -2.48. The molecule has 18 heteroatoms. The fraction of sp³-hybridized carbons (Fsp3) is 0.346. The first-order chi connectivity index (χ1) is 20.5. The van der Waals surface area contributed by atoms with Gasteiger partial charge in [-0.2, -0.15) is 17.5 Å². The van der Waals surface area contributed by atoms with Crippen LogP contribution in [0, 0.1) is 0 Å². The van der Waals surface area contributed by atoms with Crippen LogP contribution in [0.3, 0.4) is 0 Å². The number of para-hydroxylation sites is 1. The van der Waals surface area contributed by atoms with E-state index in [0.29, 0.717) is 11.3 Å². The highest BCUT2D eigenvalue weighted by atomic mass is 32.2. The van der Waals surface area contributed by atoms with E-state index < -0.39 is 48.7 Å². The summed E-state index contributed by atoms with van der Waals surface area (Å²) in [4.78, 5) is 29.4. The topological polar surface area (TPSA) is 146 Å². The Balaban J connectivity index is 1.44. The van der Waals surface area contributed by atoms with Crippen LogP contribution in [-0.4, -0.2) is 84.1 Å². The predicted octanol–water partition coefficient (Wildman–Crippen LogP) is 3.50. The molecule has 44 heavy (non-hydrogen) atoms. The highest BCUT2D eigenvalue weighted by Gasteiger charge is 2.41. The highest BCUT2D eigenvalue weighted by molar-refractivity contribution is 7.92. The second kappa shape index (κ2) is 12.7. The number of nitrogens with one attached hydrogen (secondary N) is 1. The molecule has 12 nitrogen and oxygen atoms in total. The maximum Gasteiger partial charge on any atom is 0.435 e. The first-order valence-corrected chi connectivity index (χ1v) is 17.1. The average Bonchev–Trinajstić information content (AvgIpc) is 3.44. The Kier molecular flexibility index (Phi) is 9.57. The first-order valence-electron chi connectivity index (χ1n) is 13.0. The molecule has 1 aromatic heterocycles. The standard InChI is InChI=1S/C26H28F3N5O7S3/c1-4-41-24(36)21-22(26(27,28)29)31-25(42-21)33-13-15-34(16-14-33)44(39,40)18-11-9-17(10-12-18)30-23(35)19-7-5-6-8-20(19)32(2)43(3,37)38/h5-12H,4,13-16H2,1-3H3,(H,30,35). The molecule has 0 bridgehead atoms. The molecule has 1 aliphatic heterocycles. The molecule has 1 N–H and O–H groups in total. The van der Waals surface area contributed by atoms with Crippen molar-refractivity contribution in [2.24, 2.45) is 0 Å². The summed E-state index contributed by atoms with van der Waals surface area (Å²) in [5, 5.41) is 2.56. The predicted molar refractivity (Wildman–Crippen MR) is 158 cm³/mol. The summed E-state index contributed by atoms with van der Waals surface area (Å²) < 4.78 is 97.9. The number of sulfonamides is 2. The van der Waals surface area contributed by atoms with Gasteiger partial charge in [-0.05, 0) is 43.3 Å². The van der Waals surface area contributed by atoms with Crippen molar-refractivity contribution in [3.05, 3.63) is 64.7 Å². The van der Waals surface area contributed by atoms with E-state index in [1.54, 1.807) is 12.1 Å². The highest BCUT2D eigenvalue weighted by Crippen LogP contribution is 2.38. The van der Waals surface area contributed by atoms with Crippen molar-refractivity contribution in [2.45, 2.75) is 18.0 Å². The number of piperazine rings is 1. The molecule has 0 aliphatic carbocycles. The second-order valence-electron chi connectivity index (χ2n) is 9.51. The van der Waals surface area contributed by atoms with E-state index in [-0.39, 0.29) is 59.8 Å². The average molecular weight is 676 g/mol. The van der Waals surface area contributed by atoms with Crippen molar-refractivity contribution in [3.63, 3.8) is 0 Å². The fourth-order valence-corrected chi connectivity index (χ4v) is 7.24. The number of nitrogens with zero attached hydrogens (tertiary/aromatic N) is 4. The van der Waals surface area contributed by atoms with Crippen LogP contribution in [0.1, 0.15) is 32.6 Å². The van der Waals surface area contributed by atoms with Crippen LogP contribution in [0.25, 0.3) is 0 Å². The van der Waals surface area contributed by atoms with Crippen molar-refractivity contribution < 1.29 is 44.3 Å². The molecule has 4 rings (SSSR count). The van der Waals surface area contributed by atoms with Crippen LogP contribution in [-0.2, 0) is 31.0 Å². The molecule has 0 radical (unpaired) electrons. The number of rotatable bonds is 9. The molecular weight excluding hydrogens is 648 g/mol. The number of thiazole rings is 1. The summed E-state index contributed by atoms with van der Waals surface area (Å²) in [6.45, 7) is 1.31. The summed E-state index contributed by atoms with van der Waals surface area (Å²) >= 11 is 0.540. The number of alkyl halides is 3. The maximum absolute atomic E-state index is 13.5. The molecule has 238 valence electrons. The van der Waals surface area contributed by atoms with Gasteiger partial charge in [0.05, 0.1) is 29.0 Å². The van der Waals surface area contributed by atoms with E-state index in [1.165, 1.54) is 59.6 Å². The molecule has 0 spiro atoms. The van der Waals surface area contributed by atoms with Gasteiger partial charge in [0, 0.05) is 38.9 Å². The number of amides is 1. The van der Waals surface area contributed by atoms with E-state index in [0.717, 1.165) is 10.6 Å². The minimum Gasteiger partial charge on any atom is -0.462 e. The molecule has 1 fully saturated rings. The van der Waals surface area contributed by atoms with Gasteiger partial charge in [-0.25, -0.2) is 26.6 Å². The monoisotopic (exact) mass is 675 g/mol.